The molecule has 0 heterocycles. The number of nitrogens with zero attached hydrogens (tertiary/aromatic N) is 4. The molecule has 0 aliphatic rings. The van der Waals surface area contributed by atoms with Gasteiger partial charge in [0.2, 0.25) is 11.5 Å². The van der Waals surface area contributed by atoms with Crippen molar-refractivity contribution < 1.29 is 47.8 Å². The largest absolute Gasteiger partial charge is 0.457 e. The van der Waals surface area contributed by atoms with Crippen molar-refractivity contribution in [1.29, 1.82) is 0 Å². The van der Waals surface area contributed by atoms with Gasteiger partial charge in [-0.15, -0.1) is 10.3 Å². The SMILES string of the molecule is C=C(Oc1ccccc1)C(=O)OCC(C)ON(N=C=O)C(CCCCC)N(N=C=O)OC(C)COC(=O)C(=C)Oc1ccccc1. The van der Waals surface area contributed by atoms with E-state index in [0.29, 0.717) is 17.9 Å². The highest BCUT2D eigenvalue weighted by molar-refractivity contribution is 5.86. The molecule has 0 bridgehead atoms. The Kier molecular flexibility index (Phi) is 16.6. The highest BCUT2D eigenvalue weighted by atomic mass is 16.8. The molecule has 2 rings (SSSR count). The van der Waals surface area contributed by atoms with E-state index < -0.39 is 30.3 Å². The van der Waals surface area contributed by atoms with Crippen LogP contribution in [0.4, 0.5) is 0 Å². The lowest BCUT2D eigenvalue weighted by molar-refractivity contribution is -0.326. The molecule has 2 aromatic carbocycles. The summed E-state index contributed by atoms with van der Waals surface area (Å²) in [7, 11) is 0. The van der Waals surface area contributed by atoms with Gasteiger partial charge in [0.15, 0.2) is 6.17 Å². The summed E-state index contributed by atoms with van der Waals surface area (Å²) in [6.45, 7) is 11.7. The minimum Gasteiger partial charge on any atom is -0.457 e. The summed E-state index contributed by atoms with van der Waals surface area (Å²) in [6.07, 6.45) is 2.44. The van der Waals surface area contributed by atoms with Crippen LogP contribution >= 0.6 is 0 Å². The zero-order valence-electron chi connectivity index (χ0n) is 26.0. The van der Waals surface area contributed by atoms with Gasteiger partial charge in [-0.1, -0.05) is 66.4 Å². The van der Waals surface area contributed by atoms with Crippen LogP contribution in [0, 0.1) is 0 Å². The van der Waals surface area contributed by atoms with Crippen molar-refractivity contribution in [1.82, 2.24) is 10.3 Å². The zero-order valence-corrected chi connectivity index (χ0v) is 26.0. The summed E-state index contributed by atoms with van der Waals surface area (Å²) in [5.74, 6) is -1.35. The lowest BCUT2D eigenvalue weighted by Gasteiger charge is -2.34. The average molecular weight is 639 g/mol. The highest BCUT2D eigenvalue weighted by Crippen LogP contribution is 2.20. The molecule has 0 N–H and O–H groups in total. The lowest BCUT2D eigenvalue weighted by Crippen LogP contribution is -2.47. The third-order valence-corrected chi connectivity index (χ3v) is 5.75. The van der Waals surface area contributed by atoms with Gasteiger partial charge < -0.3 is 18.9 Å². The van der Waals surface area contributed by atoms with Crippen LogP contribution in [0.25, 0.3) is 0 Å². The summed E-state index contributed by atoms with van der Waals surface area (Å²) in [5.41, 5.74) is 0. The summed E-state index contributed by atoms with van der Waals surface area (Å²) >= 11 is 0. The lowest BCUT2D eigenvalue weighted by atomic mass is 10.2. The number of esters is 2. The number of carbonyl (C=O) groups is 2. The molecule has 246 valence electrons. The van der Waals surface area contributed by atoms with Gasteiger partial charge in [0.25, 0.3) is 12.2 Å². The number of hydroxylamine groups is 2. The van der Waals surface area contributed by atoms with E-state index in [1.54, 1.807) is 74.5 Å². The van der Waals surface area contributed by atoms with Crippen LogP contribution in [-0.2, 0) is 38.3 Å². The van der Waals surface area contributed by atoms with Gasteiger partial charge in [0, 0.05) is 0 Å². The van der Waals surface area contributed by atoms with E-state index in [-0.39, 0.29) is 31.2 Å². The Labute approximate surface area is 267 Å². The van der Waals surface area contributed by atoms with Crippen LogP contribution < -0.4 is 9.47 Å². The smallest absolute Gasteiger partial charge is 0.373 e. The van der Waals surface area contributed by atoms with Crippen molar-refractivity contribution in [3.8, 4) is 11.5 Å². The molecule has 46 heavy (non-hydrogen) atoms. The summed E-state index contributed by atoms with van der Waals surface area (Å²) < 4.78 is 21.2. The van der Waals surface area contributed by atoms with E-state index in [2.05, 4.69) is 23.4 Å². The number of hydrogen-bond donors (Lipinski definition) is 0. The van der Waals surface area contributed by atoms with E-state index in [0.717, 1.165) is 23.2 Å². The number of benzene rings is 2. The Morgan fingerprint density at radius 1 is 0.739 bits per heavy atom. The van der Waals surface area contributed by atoms with Crippen LogP contribution in [0.2, 0.25) is 0 Å². The zero-order chi connectivity index (χ0) is 33.7. The Hall–Kier alpha value is -5.26. The number of unbranched alkanes of at least 4 members (excludes halogenated alkanes) is 2. The normalized spacial score (nSPS) is 12.2. The molecular formula is C32H38N4O10. The molecule has 14 heteroatoms. The summed E-state index contributed by atoms with van der Waals surface area (Å²) in [5, 5.41) is 8.89. The summed E-state index contributed by atoms with van der Waals surface area (Å²) in [4.78, 5) is 59.0. The molecule has 0 radical (unpaired) electrons. The van der Waals surface area contributed by atoms with Gasteiger partial charge in [-0.05, 0) is 64.1 Å². The molecular weight excluding hydrogens is 600 g/mol. The Morgan fingerprint density at radius 2 is 1.15 bits per heavy atom. The monoisotopic (exact) mass is 638 g/mol. The van der Waals surface area contributed by atoms with E-state index >= 15 is 0 Å². The summed E-state index contributed by atoms with van der Waals surface area (Å²) in [6, 6.07) is 17.1. The number of rotatable bonds is 22. The molecule has 2 aromatic rings. The molecule has 2 unspecified atom stereocenters. The fraction of sp³-hybridized carbons (Fsp3) is 0.375. The van der Waals surface area contributed by atoms with Crippen molar-refractivity contribution in [3.05, 3.63) is 85.3 Å². The predicted molar refractivity (Wildman–Crippen MR) is 163 cm³/mol. The second-order valence-electron chi connectivity index (χ2n) is 9.67. The molecule has 0 amide bonds. The third kappa shape index (κ3) is 13.6. The van der Waals surface area contributed by atoms with Crippen molar-refractivity contribution in [3.63, 3.8) is 0 Å². The maximum atomic E-state index is 12.4. The Morgan fingerprint density at radius 3 is 1.52 bits per heavy atom. The van der Waals surface area contributed by atoms with E-state index in [1.165, 1.54) is 12.2 Å². The molecule has 2 atom stereocenters. The minimum atomic E-state index is -1.08. The first-order valence-corrected chi connectivity index (χ1v) is 14.4. The molecule has 0 saturated heterocycles. The second kappa shape index (κ2) is 20.7. The van der Waals surface area contributed by atoms with Crippen molar-refractivity contribution >= 4 is 24.1 Å². The molecule has 0 saturated carbocycles. The van der Waals surface area contributed by atoms with Crippen molar-refractivity contribution in [2.45, 2.75) is 64.8 Å². The van der Waals surface area contributed by atoms with Gasteiger partial charge in [-0.2, -0.15) is 0 Å². The molecule has 0 aliphatic heterocycles. The number of carbonyl (C=O) groups excluding carboxylic acids is 4. The first-order chi connectivity index (χ1) is 22.2. The Balaban J connectivity index is 2.04. The fourth-order valence-corrected chi connectivity index (χ4v) is 3.61. The standard InChI is InChI=1S/C32H38N4O10/c1-6-7-10-19-30(35(33-22-37)45-24(2)20-41-31(39)26(4)43-28-15-11-8-12-16-28)36(34-23-38)46-25(3)21-42-32(40)27(5)44-29-17-13-9-14-18-29/h8-9,11-18,24-25,30H,4-7,10,19-21H2,1-3H3. The van der Waals surface area contributed by atoms with Gasteiger partial charge in [0.1, 0.15) is 36.9 Å². The average Bonchev–Trinajstić information content (AvgIpc) is 3.05. The second-order valence-corrected chi connectivity index (χ2v) is 9.67. The number of para-hydroxylation sites is 2. The van der Waals surface area contributed by atoms with Crippen molar-refractivity contribution in [2.75, 3.05) is 13.2 Å². The van der Waals surface area contributed by atoms with Gasteiger partial charge in [-0.3, -0.25) is 0 Å². The van der Waals surface area contributed by atoms with Crippen LogP contribution in [0.15, 0.2) is 95.5 Å². The van der Waals surface area contributed by atoms with Crippen LogP contribution in [-0.4, -0.2) is 66.0 Å². The molecule has 14 nitrogen and oxygen atoms in total. The van der Waals surface area contributed by atoms with Gasteiger partial charge in [-0.25, -0.2) is 28.9 Å². The molecule has 0 spiro atoms. The Bertz CT molecular complexity index is 1260. The topological polar surface area (TPSA) is 155 Å². The minimum absolute atomic E-state index is 0.243. The van der Waals surface area contributed by atoms with Crippen molar-refractivity contribution in [2.24, 2.45) is 10.2 Å². The van der Waals surface area contributed by atoms with E-state index in [9.17, 15) is 19.2 Å². The quantitative estimate of drug-likeness (QED) is 0.0251. The fourth-order valence-electron chi connectivity index (χ4n) is 3.61. The molecule has 0 fully saturated rings. The third-order valence-electron chi connectivity index (χ3n) is 5.75. The van der Waals surface area contributed by atoms with E-state index in [1.807, 2.05) is 6.92 Å². The number of isocyanates is 2. The first-order valence-electron chi connectivity index (χ1n) is 14.4. The molecule has 0 aliphatic carbocycles. The van der Waals surface area contributed by atoms with Gasteiger partial charge in [0.05, 0.1) is 0 Å². The maximum absolute atomic E-state index is 12.4. The number of ether oxygens (including phenoxy) is 4. The maximum Gasteiger partial charge on any atom is 0.373 e. The van der Waals surface area contributed by atoms with Crippen LogP contribution in [0.3, 0.4) is 0 Å². The van der Waals surface area contributed by atoms with Crippen LogP contribution in [0.1, 0.15) is 46.5 Å². The predicted octanol–water partition coefficient (Wildman–Crippen LogP) is 4.91. The van der Waals surface area contributed by atoms with Gasteiger partial charge >= 0.3 is 11.9 Å². The number of hydrazone groups is 2. The number of hydrogen-bond acceptors (Lipinski definition) is 14. The molecule has 0 aromatic heterocycles. The van der Waals surface area contributed by atoms with Crippen LogP contribution in [0.5, 0.6) is 11.5 Å². The van der Waals surface area contributed by atoms with E-state index in [4.69, 9.17) is 28.6 Å². The first kappa shape index (κ1) is 36.9. The highest BCUT2D eigenvalue weighted by Gasteiger charge is 2.30.